The van der Waals surface area contributed by atoms with Crippen LogP contribution in [0.4, 0.5) is 0 Å². The molecular formula is C19H22ClN3O. The number of benzene rings is 1. The van der Waals surface area contributed by atoms with Crippen LogP contribution in [0.3, 0.4) is 0 Å². The molecule has 2 heterocycles. The molecule has 1 aliphatic heterocycles. The van der Waals surface area contributed by atoms with E-state index in [1.807, 2.05) is 13.0 Å². The van der Waals surface area contributed by atoms with Crippen LogP contribution < -0.4 is 5.56 Å². The first-order chi connectivity index (χ1) is 11.6. The number of nitrogens with zero attached hydrogens (tertiary/aromatic N) is 2. The zero-order chi connectivity index (χ0) is 16.7. The van der Waals surface area contributed by atoms with Crippen molar-refractivity contribution < 1.29 is 0 Å². The molecule has 0 atom stereocenters. The number of fused-ring (bicyclic) bond motifs is 1. The van der Waals surface area contributed by atoms with Crippen LogP contribution in [0, 0.1) is 12.8 Å². The fourth-order valence-electron chi connectivity index (χ4n) is 3.37. The smallest absolute Gasteiger partial charge is 0.254 e. The van der Waals surface area contributed by atoms with E-state index in [9.17, 15) is 4.79 Å². The van der Waals surface area contributed by atoms with Crippen molar-refractivity contribution in [3.8, 4) is 0 Å². The minimum Gasteiger partial charge on any atom is -0.310 e. The Morgan fingerprint density at radius 1 is 1.38 bits per heavy atom. The Kier molecular flexibility index (Phi) is 4.19. The van der Waals surface area contributed by atoms with Gasteiger partial charge in [-0.05, 0) is 49.3 Å². The third kappa shape index (κ3) is 3.40. The molecule has 0 bridgehead atoms. The van der Waals surface area contributed by atoms with Gasteiger partial charge in [-0.2, -0.15) is 0 Å². The lowest BCUT2D eigenvalue weighted by Gasteiger charge is -2.27. The first kappa shape index (κ1) is 15.9. The molecule has 4 nitrogen and oxygen atoms in total. The van der Waals surface area contributed by atoms with E-state index in [1.54, 1.807) is 0 Å². The summed E-state index contributed by atoms with van der Waals surface area (Å²) in [5, 5.41) is 0.811. The van der Waals surface area contributed by atoms with Gasteiger partial charge in [0.2, 0.25) is 0 Å². The highest BCUT2D eigenvalue weighted by atomic mass is 35.5. The first-order valence-electron chi connectivity index (χ1n) is 8.67. The summed E-state index contributed by atoms with van der Waals surface area (Å²) in [5.41, 5.74) is 4.19. The normalized spacial score (nSPS) is 17.8. The van der Waals surface area contributed by atoms with Crippen molar-refractivity contribution in [2.75, 3.05) is 6.54 Å². The molecule has 1 aromatic carbocycles. The largest absolute Gasteiger partial charge is 0.310 e. The molecule has 0 spiro atoms. The van der Waals surface area contributed by atoms with Crippen LogP contribution in [0.1, 0.15) is 41.1 Å². The van der Waals surface area contributed by atoms with Crippen LogP contribution in [0.2, 0.25) is 5.02 Å². The SMILES string of the molecule is Cc1ccc(CN2CCc3c(nc(CC4CC4)[nH]c3=O)C2)cc1Cl. The van der Waals surface area contributed by atoms with E-state index in [-0.39, 0.29) is 5.56 Å². The number of halogens is 1. The molecule has 126 valence electrons. The zero-order valence-corrected chi connectivity index (χ0v) is 14.7. The lowest BCUT2D eigenvalue weighted by molar-refractivity contribution is 0.240. The van der Waals surface area contributed by atoms with E-state index in [0.717, 1.165) is 66.1 Å². The molecule has 1 N–H and O–H groups in total. The molecule has 1 saturated carbocycles. The molecule has 0 amide bonds. The van der Waals surface area contributed by atoms with Gasteiger partial charge >= 0.3 is 0 Å². The Bertz CT molecular complexity index is 826. The molecule has 0 radical (unpaired) electrons. The van der Waals surface area contributed by atoms with E-state index in [2.05, 4.69) is 22.0 Å². The van der Waals surface area contributed by atoms with Gasteiger partial charge in [-0.25, -0.2) is 4.98 Å². The van der Waals surface area contributed by atoms with Gasteiger partial charge < -0.3 is 4.98 Å². The predicted molar refractivity (Wildman–Crippen MR) is 95.3 cm³/mol. The second kappa shape index (κ2) is 6.34. The fraction of sp³-hybridized carbons (Fsp3) is 0.474. The Hall–Kier alpha value is -1.65. The van der Waals surface area contributed by atoms with Crippen molar-refractivity contribution >= 4 is 11.6 Å². The highest BCUT2D eigenvalue weighted by molar-refractivity contribution is 6.31. The molecule has 1 aromatic heterocycles. The molecule has 0 unspecified atom stereocenters. The van der Waals surface area contributed by atoms with Crippen molar-refractivity contribution in [1.29, 1.82) is 0 Å². The van der Waals surface area contributed by atoms with Gasteiger partial charge in [0.15, 0.2) is 0 Å². The Morgan fingerprint density at radius 3 is 2.96 bits per heavy atom. The maximum absolute atomic E-state index is 12.3. The average Bonchev–Trinajstić information content (AvgIpc) is 3.35. The minimum atomic E-state index is 0.0636. The molecule has 1 aliphatic carbocycles. The summed E-state index contributed by atoms with van der Waals surface area (Å²) in [6.07, 6.45) is 4.21. The highest BCUT2D eigenvalue weighted by Crippen LogP contribution is 2.31. The number of H-pyrrole nitrogens is 1. The van der Waals surface area contributed by atoms with Gasteiger partial charge in [-0.15, -0.1) is 0 Å². The molecule has 2 aromatic rings. The summed E-state index contributed by atoms with van der Waals surface area (Å²) in [5.74, 6) is 1.59. The van der Waals surface area contributed by atoms with Crippen LogP contribution in [0.25, 0.3) is 0 Å². The molecule has 4 rings (SSSR count). The maximum Gasteiger partial charge on any atom is 0.254 e. The lowest BCUT2D eigenvalue weighted by Crippen LogP contribution is -2.35. The number of nitrogens with one attached hydrogen (secondary N) is 1. The third-order valence-corrected chi connectivity index (χ3v) is 5.43. The van der Waals surface area contributed by atoms with Gasteiger partial charge in [0.05, 0.1) is 5.69 Å². The van der Waals surface area contributed by atoms with Gasteiger partial charge in [0, 0.05) is 36.6 Å². The Labute approximate surface area is 146 Å². The topological polar surface area (TPSA) is 49.0 Å². The molecule has 5 heteroatoms. The van der Waals surface area contributed by atoms with Crippen molar-refractivity contribution in [1.82, 2.24) is 14.9 Å². The molecule has 2 aliphatic rings. The van der Waals surface area contributed by atoms with Crippen LogP contribution in [0.15, 0.2) is 23.0 Å². The zero-order valence-electron chi connectivity index (χ0n) is 13.9. The Balaban J connectivity index is 1.52. The first-order valence-corrected chi connectivity index (χ1v) is 9.04. The van der Waals surface area contributed by atoms with Crippen LogP contribution >= 0.6 is 11.6 Å². The number of aromatic nitrogens is 2. The summed E-state index contributed by atoms with van der Waals surface area (Å²) in [7, 11) is 0. The maximum atomic E-state index is 12.3. The van der Waals surface area contributed by atoms with Crippen LogP contribution in [0.5, 0.6) is 0 Å². The van der Waals surface area contributed by atoms with E-state index >= 15 is 0 Å². The van der Waals surface area contributed by atoms with E-state index in [4.69, 9.17) is 16.6 Å². The van der Waals surface area contributed by atoms with Crippen LogP contribution in [-0.4, -0.2) is 21.4 Å². The molecule has 24 heavy (non-hydrogen) atoms. The number of rotatable bonds is 4. The van der Waals surface area contributed by atoms with E-state index in [1.165, 1.54) is 18.4 Å². The Morgan fingerprint density at radius 2 is 2.21 bits per heavy atom. The minimum absolute atomic E-state index is 0.0636. The van der Waals surface area contributed by atoms with Crippen molar-refractivity contribution in [2.45, 2.75) is 45.7 Å². The quantitative estimate of drug-likeness (QED) is 0.927. The number of aromatic amines is 1. The van der Waals surface area contributed by atoms with Gasteiger partial charge in [-0.1, -0.05) is 23.7 Å². The summed E-state index contributed by atoms with van der Waals surface area (Å²) in [6.45, 7) is 4.47. The number of hydrogen-bond donors (Lipinski definition) is 1. The summed E-state index contributed by atoms with van der Waals surface area (Å²) in [4.78, 5) is 22.4. The monoisotopic (exact) mass is 343 g/mol. The van der Waals surface area contributed by atoms with Crippen molar-refractivity contribution in [2.24, 2.45) is 5.92 Å². The fourth-order valence-corrected chi connectivity index (χ4v) is 3.57. The molecule has 1 fully saturated rings. The summed E-state index contributed by atoms with van der Waals surface area (Å²) >= 11 is 6.23. The predicted octanol–water partition coefficient (Wildman–Crippen LogP) is 3.24. The third-order valence-electron chi connectivity index (χ3n) is 5.02. The van der Waals surface area contributed by atoms with E-state index < -0.39 is 0 Å². The van der Waals surface area contributed by atoms with Gasteiger partial charge in [-0.3, -0.25) is 9.69 Å². The highest BCUT2D eigenvalue weighted by Gasteiger charge is 2.25. The molecular weight excluding hydrogens is 322 g/mol. The number of aryl methyl sites for hydroxylation is 1. The standard InChI is InChI=1S/C19H22ClN3O/c1-12-2-3-14(8-16(12)20)10-23-7-6-15-17(11-23)21-18(22-19(15)24)9-13-4-5-13/h2-3,8,13H,4-7,9-11H2,1H3,(H,21,22,24). The van der Waals surface area contributed by atoms with Crippen molar-refractivity contribution in [3.05, 3.63) is 61.8 Å². The van der Waals surface area contributed by atoms with Gasteiger partial charge in [0.25, 0.3) is 5.56 Å². The second-order valence-corrected chi connectivity index (χ2v) is 7.54. The lowest BCUT2D eigenvalue weighted by atomic mass is 10.0. The summed E-state index contributed by atoms with van der Waals surface area (Å²) < 4.78 is 0. The molecule has 0 saturated heterocycles. The van der Waals surface area contributed by atoms with E-state index in [0.29, 0.717) is 0 Å². The van der Waals surface area contributed by atoms with Crippen molar-refractivity contribution in [3.63, 3.8) is 0 Å². The number of hydrogen-bond acceptors (Lipinski definition) is 3. The van der Waals surface area contributed by atoms with Crippen LogP contribution in [-0.2, 0) is 25.9 Å². The second-order valence-electron chi connectivity index (χ2n) is 7.13. The summed E-state index contributed by atoms with van der Waals surface area (Å²) in [6, 6.07) is 6.23. The average molecular weight is 344 g/mol. The van der Waals surface area contributed by atoms with Gasteiger partial charge in [0.1, 0.15) is 5.82 Å².